The van der Waals surface area contributed by atoms with Gasteiger partial charge in [-0.15, -0.1) is 0 Å². The monoisotopic (exact) mass is 438 g/mol. The number of halogens is 3. The number of hydrogen-bond acceptors (Lipinski definition) is 5. The lowest BCUT2D eigenvalue weighted by atomic mass is 9.87. The summed E-state index contributed by atoms with van der Waals surface area (Å²) in [5, 5.41) is 7.12. The van der Waals surface area contributed by atoms with Gasteiger partial charge in [-0.25, -0.2) is 13.2 Å². The summed E-state index contributed by atoms with van der Waals surface area (Å²) in [5.41, 5.74) is 0.967. The fourth-order valence-corrected chi connectivity index (χ4v) is 5.47. The van der Waals surface area contributed by atoms with E-state index in [1.165, 1.54) is 0 Å². The number of rotatable bonds is 4. The van der Waals surface area contributed by atoms with Crippen LogP contribution in [-0.4, -0.2) is 80.8 Å². The van der Waals surface area contributed by atoms with E-state index in [2.05, 4.69) is 11.9 Å². The van der Waals surface area contributed by atoms with Gasteiger partial charge in [-0.05, 0) is 44.0 Å². The number of carboxylic acid groups (broad SMARTS) is 1. The predicted molar refractivity (Wildman–Crippen MR) is 99.0 cm³/mol. The van der Waals surface area contributed by atoms with E-state index in [1.807, 2.05) is 13.0 Å². The Morgan fingerprint density at radius 1 is 1.34 bits per heavy atom. The predicted octanol–water partition coefficient (Wildman–Crippen LogP) is 1.97. The molecule has 2 aliphatic rings. The highest BCUT2D eigenvalue weighted by atomic mass is 32.2. The lowest BCUT2D eigenvalue weighted by Crippen LogP contribution is -2.67. The molecule has 1 aromatic rings. The molecule has 2 aliphatic heterocycles. The number of hydrogen-bond donors (Lipinski definition) is 1. The molecule has 164 valence electrons. The Bertz CT molecular complexity index is 838. The number of ether oxygens (including phenoxy) is 1. The lowest BCUT2D eigenvalue weighted by Gasteiger charge is -2.50. The van der Waals surface area contributed by atoms with Crippen LogP contribution in [0.4, 0.5) is 13.2 Å². The van der Waals surface area contributed by atoms with Crippen molar-refractivity contribution in [3.8, 4) is 0 Å². The van der Waals surface area contributed by atoms with Crippen molar-refractivity contribution in [1.29, 1.82) is 0 Å². The van der Waals surface area contributed by atoms with Crippen LogP contribution >= 0.6 is 0 Å². The second kappa shape index (κ2) is 8.58. The Hall–Kier alpha value is -1.69. The quantitative estimate of drug-likeness (QED) is 0.774. The van der Waals surface area contributed by atoms with E-state index in [1.54, 1.807) is 29.6 Å². The average Bonchev–Trinajstić information content (AvgIpc) is 2.90. The fraction of sp³-hybridized carbons (Fsp3) is 0.611. The minimum Gasteiger partial charge on any atom is -0.475 e. The number of carbonyl (C=O) groups is 1. The zero-order valence-corrected chi connectivity index (χ0v) is 17.3. The van der Waals surface area contributed by atoms with Crippen LogP contribution in [-0.2, 0) is 19.6 Å². The number of likely N-dealkylation sites (N-methyl/N-ethyl adjacent to an activating group) is 1. The van der Waals surface area contributed by atoms with Crippen molar-refractivity contribution in [2.24, 2.45) is 5.92 Å². The standard InChI is InChI=1S/C16H24N2O3S.C2HF3O2/c1-13-5-4-6-15(7-13)22(19,20)18-11-16(12-18)8-14(10-21-3)9-17(16)2;3-2(4,5)1(6)7/h4-7,14H,8-12H2,1-3H3;(H,6,7). The van der Waals surface area contributed by atoms with E-state index in [-0.39, 0.29) is 5.54 Å². The Morgan fingerprint density at radius 2 is 1.93 bits per heavy atom. The second-order valence-corrected chi connectivity index (χ2v) is 9.46. The largest absolute Gasteiger partial charge is 0.490 e. The molecule has 1 spiro atoms. The van der Waals surface area contributed by atoms with Gasteiger partial charge in [-0.2, -0.15) is 17.5 Å². The normalized spacial score (nSPS) is 22.1. The molecule has 2 fully saturated rings. The molecular formula is C18H25F3N2O5S. The van der Waals surface area contributed by atoms with Crippen molar-refractivity contribution in [1.82, 2.24) is 9.21 Å². The summed E-state index contributed by atoms with van der Waals surface area (Å²) in [5.74, 6) is -2.26. The number of alkyl halides is 3. The highest BCUT2D eigenvalue weighted by Crippen LogP contribution is 2.41. The maximum atomic E-state index is 12.7. The third-order valence-corrected chi connectivity index (χ3v) is 7.01. The topological polar surface area (TPSA) is 87.2 Å². The Balaban J connectivity index is 0.000000370. The zero-order valence-electron chi connectivity index (χ0n) is 16.4. The van der Waals surface area contributed by atoms with Gasteiger partial charge in [-0.3, -0.25) is 4.90 Å². The molecule has 1 aromatic carbocycles. The van der Waals surface area contributed by atoms with Crippen LogP contribution in [0.2, 0.25) is 0 Å². The highest BCUT2D eigenvalue weighted by Gasteiger charge is 2.55. The highest BCUT2D eigenvalue weighted by molar-refractivity contribution is 7.89. The summed E-state index contributed by atoms with van der Waals surface area (Å²) in [4.78, 5) is 11.6. The molecule has 1 atom stereocenters. The average molecular weight is 438 g/mol. The minimum atomic E-state index is -5.08. The smallest absolute Gasteiger partial charge is 0.475 e. The van der Waals surface area contributed by atoms with Gasteiger partial charge < -0.3 is 9.84 Å². The van der Waals surface area contributed by atoms with Crippen molar-refractivity contribution >= 4 is 16.0 Å². The number of sulfonamides is 1. The van der Waals surface area contributed by atoms with Crippen molar-refractivity contribution in [2.75, 3.05) is 40.4 Å². The van der Waals surface area contributed by atoms with Crippen LogP contribution in [0.5, 0.6) is 0 Å². The van der Waals surface area contributed by atoms with Gasteiger partial charge in [0.05, 0.1) is 11.5 Å². The van der Waals surface area contributed by atoms with E-state index in [9.17, 15) is 21.6 Å². The first-order chi connectivity index (χ1) is 13.3. The maximum Gasteiger partial charge on any atom is 0.490 e. The van der Waals surface area contributed by atoms with Crippen LogP contribution < -0.4 is 0 Å². The van der Waals surface area contributed by atoms with E-state index < -0.39 is 22.2 Å². The van der Waals surface area contributed by atoms with Gasteiger partial charge in [0.1, 0.15) is 0 Å². The number of aryl methyl sites for hydroxylation is 1. The molecule has 0 amide bonds. The zero-order chi connectivity index (χ0) is 22.0. The van der Waals surface area contributed by atoms with Crippen LogP contribution in [0.15, 0.2) is 29.2 Å². The number of nitrogens with zero attached hydrogens (tertiary/aromatic N) is 2. The minimum absolute atomic E-state index is 0.0000909. The molecule has 1 N–H and O–H groups in total. The van der Waals surface area contributed by atoms with Crippen LogP contribution in [0.25, 0.3) is 0 Å². The molecule has 2 saturated heterocycles. The summed E-state index contributed by atoms with van der Waals surface area (Å²) in [7, 11) is 0.446. The molecule has 29 heavy (non-hydrogen) atoms. The maximum absolute atomic E-state index is 12.7. The molecule has 0 saturated carbocycles. The van der Waals surface area contributed by atoms with Gasteiger partial charge in [0.25, 0.3) is 0 Å². The molecule has 3 rings (SSSR count). The molecule has 0 aromatic heterocycles. The molecule has 2 heterocycles. The molecular weight excluding hydrogens is 413 g/mol. The third-order valence-electron chi connectivity index (χ3n) is 5.22. The first-order valence-corrected chi connectivity index (χ1v) is 10.3. The molecule has 0 bridgehead atoms. The van der Waals surface area contributed by atoms with Crippen molar-refractivity contribution in [2.45, 2.75) is 30.0 Å². The lowest BCUT2D eigenvalue weighted by molar-refractivity contribution is -0.192. The van der Waals surface area contributed by atoms with Crippen LogP contribution in [0.3, 0.4) is 0 Å². The van der Waals surface area contributed by atoms with E-state index in [0.29, 0.717) is 23.9 Å². The Morgan fingerprint density at radius 3 is 2.41 bits per heavy atom. The summed E-state index contributed by atoms with van der Waals surface area (Å²) in [6.45, 7) is 4.81. The molecule has 1 unspecified atom stereocenters. The number of methoxy groups -OCH3 is 1. The van der Waals surface area contributed by atoms with Gasteiger partial charge >= 0.3 is 12.1 Å². The van der Waals surface area contributed by atoms with Gasteiger partial charge in [0.2, 0.25) is 10.0 Å². The van der Waals surface area contributed by atoms with Crippen molar-refractivity contribution in [3.05, 3.63) is 29.8 Å². The van der Waals surface area contributed by atoms with Gasteiger partial charge in [0, 0.05) is 32.3 Å². The summed E-state index contributed by atoms with van der Waals surface area (Å²) >= 11 is 0. The van der Waals surface area contributed by atoms with Gasteiger partial charge in [-0.1, -0.05) is 12.1 Å². The summed E-state index contributed by atoms with van der Waals surface area (Å²) in [6, 6.07) is 7.14. The fourth-order valence-electron chi connectivity index (χ4n) is 3.76. The van der Waals surface area contributed by atoms with Gasteiger partial charge in [0.15, 0.2) is 0 Å². The number of benzene rings is 1. The van der Waals surface area contributed by atoms with Crippen molar-refractivity contribution < 1.29 is 36.2 Å². The third kappa shape index (κ3) is 5.27. The molecule has 0 radical (unpaired) electrons. The number of carboxylic acids is 1. The molecule has 7 nitrogen and oxygen atoms in total. The first-order valence-electron chi connectivity index (χ1n) is 8.89. The Labute approximate surface area is 168 Å². The summed E-state index contributed by atoms with van der Waals surface area (Å²) < 4.78 is 64.0. The van der Waals surface area contributed by atoms with E-state index in [4.69, 9.17) is 14.6 Å². The van der Waals surface area contributed by atoms with Crippen LogP contribution in [0.1, 0.15) is 12.0 Å². The van der Waals surface area contributed by atoms with Crippen LogP contribution in [0, 0.1) is 12.8 Å². The van der Waals surface area contributed by atoms with E-state index in [0.717, 1.165) is 25.1 Å². The molecule has 0 aliphatic carbocycles. The summed E-state index contributed by atoms with van der Waals surface area (Å²) in [6.07, 6.45) is -4.07. The second-order valence-electron chi connectivity index (χ2n) is 7.52. The molecule has 11 heteroatoms. The SMILES string of the molecule is COCC1CN(C)C2(C1)CN(S(=O)(=O)c1cccc(C)c1)C2.O=C(O)C(F)(F)F. The first kappa shape index (κ1) is 23.6. The number of aliphatic carboxylic acids is 1. The van der Waals surface area contributed by atoms with E-state index >= 15 is 0 Å². The number of likely N-dealkylation sites (tertiary alicyclic amines) is 1. The Kier molecular flexibility index (Phi) is 6.98. The van der Waals surface area contributed by atoms with Crippen molar-refractivity contribution in [3.63, 3.8) is 0 Å².